The second-order valence-electron chi connectivity index (χ2n) is 11.7. The fourth-order valence-corrected chi connectivity index (χ4v) is 8.59. The van der Waals surface area contributed by atoms with Gasteiger partial charge in [0.25, 0.3) is 0 Å². The van der Waals surface area contributed by atoms with Crippen molar-refractivity contribution < 1.29 is 31.1 Å². The average Bonchev–Trinajstić information content (AvgIpc) is 3.56. The summed E-state index contributed by atoms with van der Waals surface area (Å²) in [6.45, 7) is 2.28. The molecule has 3 aliphatic heterocycles. The first-order valence-corrected chi connectivity index (χ1v) is 16.4. The van der Waals surface area contributed by atoms with Crippen molar-refractivity contribution in [2.24, 2.45) is 0 Å². The Hall–Kier alpha value is -3.52. The number of nitrogens with zero attached hydrogens (tertiary/aromatic N) is 5. The maximum absolute atomic E-state index is 16.9. The monoisotopic (exact) mass is 679 g/mol. The molecule has 242 valence electrons. The summed E-state index contributed by atoms with van der Waals surface area (Å²) >= 11 is 2.15. The van der Waals surface area contributed by atoms with Gasteiger partial charge in [0.15, 0.2) is 5.82 Å². The zero-order valence-electron chi connectivity index (χ0n) is 24.2. The maximum Gasteiger partial charge on any atom is 0.417 e. The Labute approximate surface area is 267 Å². The van der Waals surface area contributed by atoms with E-state index in [0.717, 1.165) is 24.6 Å². The summed E-state index contributed by atoms with van der Waals surface area (Å²) < 4.78 is 99.6. The first-order chi connectivity index (χ1) is 22.0. The summed E-state index contributed by atoms with van der Waals surface area (Å²) in [5, 5.41) is 9.28. The SMILES string of the molecule is N#Cc1c(N)sc2c(F)ccc(-c3c(C(F)(F)F)cc4c(N5CCNSCC5)nc(OCC56CCCN5CC(F)C6)nc4c3F)c12. The van der Waals surface area contributed by atoms with E-state index < -0.39 is 46.2 Å². The van der Waals surface area contributed by atoms with Crippen LogP contribution in [0.15, 0.2) is 18.2 Å². The van der Waals surface area contributed by atoms with Crippen LogP contribution in [0.1, 0.15) is 30.4 Å². The predicted molar refractivity (Wildman–Crippen MR) is 166 cm³/mol. The number of anilines is 2. The maximum atomic E-state index is 16.9. The molecule has 0 aliphatic carbocycles. The van der Waals surface area contributed by atoms with E-state index in [9.17, 15) is 27.2 Å². The van der Waals surface area contributed by atoms with Gasteiger partial charge in [-0.2, -0.15) is 28.4 Å². The molecular formula is C30H27F6N7OS2. The molecule has 16 heteroatoms. The number of ether oxygens (including phenoxy) is 1. The highest BCUT2D eigenvalue weighted by Gasteiger charge is 2.49. The largest absolute Gasteiger partial charge is 0.461 e. The summed E-state index contributed by atoms with van der Waals surface area (Å²) in [6, 6.07) is 4.32. The average molecular weight is 680 g/mol. The molecule has 0 spiro atoms. The minimum absolute atomic E-state index is 0.0309. The summed E-state index contributed by atoms with van der Waals surface area (Å²) in [6.07, 6.45) is -4.25. The number of aromatic nitrogens is 2. The molecule has 3 aliphatic rings. The zero-order valence-corrected chi connectivity index (χ0v) is 25.8. The second-order valence-corrected chi connectivity index (χ2v) is 13.7. The summed E-state index contributed by atoms with van der Waals surface area (Å²) in [5.41, 5.74) is 2.13. The smallest absolute Gasteiger partial charge is 0.417 e. The lowest BCUT2D eigenvalue weighted by atomic mass is 9.92. The minimum Gasteiger partial charge on any atom is -0.461 e. The van der Waals surface area contributed by atoms with Crippen molar-refractivity contribution in [2.45, 2.75) is 37.1 Å². The standard InChI is InChI=1S/C30H27F6N7OS2/c31-15-11-29(4-1-6-43(29)13-15)14-44-28-40-24-17(27(41-28)42-7-5-39-45-9-8-42)10-19(30(34,35)36)22(23(24)33)16-2-3-20(32)25-21(16)18(12-37)26(38)46-25/h2-3,10,15,39H,1,4-9,11,13-14,38H2. The number of nitrogen functional groups attached to an aromatic ring is 1. The number of hydrogen-bond acceptors (Lipinski definition) is 10. The normalized spacial score (nSPS) is 22.4. The van der Waals surface area contributed by atoms with Gasteiger partial charge in [0, 0.05) is 54.7 Å². The lowest BCUT2D eigenvalue weighted by molar-refractivity contribution is -0.137. The number of halogens is 6. The number of hydrogen-bond donors (Lipinski definition) is 2. The quantitative estimate of drug-likeness (QED) is 0.187. The highest BCUT2D eigenvalue weighted by Crippen LogP contribution is 2.48. The summed E-state index contributed by atoms with van der Waals surface area (Å²) in [7, 11) is 0. The van der Waals surface area contributed by atoms with Gasteiger partial charge in [-0.25, -0.2) is 13.2 Å². The van der Waals surface area contributed by atoms with Crippen LogP contribution in [0.4, 0.5) is 37.2 Å². The molecule has 2 atom stereocenters. The molecule has 3 saturated heterocycles. The van der Waals surface area contributed by atoms with Gasteiger partial charge in [0.1, 0.15) is 41.0 Å². The highest BCUT2D eigenvalue weighted by molar-refractivity contribution is 7.97. The van der Waals surface area contributed by atoms with Gasteiger partial charge in [0.2, 0.25) is 0 Å². The molecule has 0 radical (unpaired) electrons. The third-order valence-electron chi connectivity index (χ3n) is 8.97. The molecule has 46 heavy (non-hydrogen) atoms. The third kappa shape index (κ3) is 5.17. The van der Waals surface area contributed by atoms with Crippen molar-refractivity contribution in [1.82, 2.24) is 19.6 Å². The number of nitrogens with two attached hydrogens (primary N) is 1. The summed E-state index contributed by atoms with van der Waals surface area (Å²) in [4.78, 5) is 12.6. The Bertz CT molecular complexity index is 1890. The first kappa shape index (κ1) is 31.1. The van der Waals surface area contributed by atoms with E-state index in [1.54, 1.807) is 4.90 Å². The predicted octanol–water partition coefficient (Wildman–Crippen LogP) is 6.28. The van der Waals surface area contributed by atoms with Crippen LogP contribution in [0.2, 0.25) is 0 Å². The number of benzene rings is 2. The molecule has 0 bridgehead atoms. The van der Waals surface area contributed by atoms with E-state index >= 15 is 4.39 Å². The van der Waals surface area contributed by atoms with Crippen molar-refractivity contribution in [3.8, 4) is 23.2 Å². The highest BCUT2D eigenvalue weighted by atomic mass is 32.2. The molecular weight excluding hydrogens is 653 g/mol. The van der Waals surface area contributed by atoms with Crippen molar-refractivity contribution >= 4 is 55.1 Å². The number of rotatable bonds is 5. The van der Waals surface area contributed by atoms with E-state index in [1.807, 2.05) is 11.0 Å². The molecule has 4 aromatic rings. The molecule has 2 aromatic carbocycles. The number of nitriles is 1. The number of alkyl halides is 4. The zero-order chi connectivity index (χ0) is 32.4. The topological polar surface area (TPSA) is 103 Å². The van der Waals surface area contributed by atoms with E-state index in [2.05, 4.69) is 14.7 Å². The molecule has 3 fully saturated rings. The second kappa shape index (κ2) is 11.6. The lowest BCUT2D eigenvalue weighted by Gasteiger charge is -2.31. The summed E-state index contributed by atoms with van der Waals surface area (Å²) in [5.74, 6) is -1.48. The number of fused-ring (bicyclic) bond motifs is 3. The third-order valence-corrected chi connectivity index (χ3v) is 10.8. The Morgan fingerprint density at radius 2 is 2.02 bits per heavy atom. The van der Waals surface area contributed by atoms with Crippen LogP contribution < -0.4 is 20.1 Å². The molecule has 8 nitrogen and oxygen atoms in total. The fourth-order valence-electron chi connectivity index (χ4n) is 6.94. The van der Waals surface area contributed by atoms with E-state index in [0.29, 0.717) is 49.7 Å². The van der Waals surface area contributed by atoms with Crippen molar-refractivity contribution in [1.29, 1.82) is 5.26 Å². The van der Waals surface area contributed by atoms with Crippen molar-refractivity contribution in [2.75, 3.05) is 55.7 Å². The van der Waals surface area contributed by atoms with Gasteiger partial charge in [0.05, 0.1) is 21.4 Å². The van der Waals surface area contributed by atoms with Crippen molar-refractivity contribution in [3.63, 3.8) is 0 Å². The number of thiophene rings is 1. The van der Waals surface area contributed by atoms with Gasteiger partial charge in [-0.3, -0.25) is 9.62 Å². The Morgan fingerprint density at radius 3 is 2.80 bits per heavy atom. The van der Waals surface area contributed by atoms with Crippen LogP contribution in [-0.4, -0.2) is 71.7 Å². The Balaban J connectivity index is 1.46. The first-order valence-electron chi connectivity index (χ1n) is 14.6. The van der Waals surface area contributed by atoms with Crippen LogP contribution in [0, 0.1) is 23.0 Å². The number of nitrogens with one attached hydrogen (secondary N) is 1. The lowest BCUT2D eigenvalue weighted by Crippen LogP contribution is -2.43. The minimum atomic E-state index is -5.06. The van der Waals surface area contributed by atoms with Crippen LogP contribution in [0.3, 0.4) is 0 Å². The molecule has 2 unspecified atom stereocenters. The molecule has 0 saturated carbocycles. The van der Waals surface area contributed by atoms with Crippen LogP contribution in [0.25, 0.3) is 32.1 Å². The van der Waals surface area contributed by atoms with Gasteiger partial charge in [-0.15, -0.1) is 11.3 Å². The van der Waals surface area contributed by atoms with Crippen LogP contribution in [0.5, 0.6) is 6.01 Å². The molecule has 5 heterocycles. The van der Waals surface area contributed by atoms with Crippen molar-refractivity contribution in [3.05, 3.63) is 41.0 Å². The van der Waals surface area contributed by atoms with Gasteiger partial charge >= 0.3 is 12.2 Å². The molecule has 3 N–H and O–H groups in total. The van der Waals surface area contributed by atoms with E-state index in [-0.39, 0.29) is 63.0 Å². The van der Waals surface area contributed by atoms with E-state index in [1.165, 1.54) is 11.9 Å². The molecule has 0 amide bonds. The molecule has 7 rings (SSSR count). The Kier molecular flexibility index (Phi) is 7.86. The van der Waals surface area contributed by atoms with Gasteiger partial charge in [-0.05, 0) is 37.1 Å². The van der Waals surface area contributed by atoms with Gasteiger partial charge in [-0.1, -0.05) is 18.0 Å². The Morgan fingerprint density at radius 1 is 1.20 bits per heavy atom. The van der Waals surface area contributed by atoms with E-state index in [4.69, 9.17) is 10.5 Å². The van der Waals surface area contributed by atoms with Crippen LogP contribution >= 0.6 is 23.3 Å². The molecule has 2 aromatic heterocycles. The fraction of sp³-hybridized carbons (Fsp3) is 0.433. The van der Waals surface area contributed by atoms with Crippen LogP contribution in [-0.2, 0) is 6.18 Å². The van der Waals surface area contributed by atoms with Gasteiger partial charge < -0.3 is 15.4 Å².